The fraction of sp³-hybridized carbons (Fsp3) is 0.154. The highest BCUT2D eigenvalue weighted by molar-refractivity contribution is 9.10. The molecule has 5 heteroatoms. The van der Waals surface area contributed by atoms with E-state index in [2.05, 4.69) is 26.2 Å². The van der Waals surface area contributed by atoms with Crippen LogP contribution in [0.5, 0.6) is 0 Å². The second-order valence-corrected chi connectivity index (χ2v) is 4.65. The van der Waals surface area contributed by atoms with Crippen molar-refractivity contribution in [1.82, 2.24) is 4.98 Å². The van der Waals surface area contributed by atoms with Gasteiger partial charge in [0, 0.05) is 13.0 Å². The molecule has 1 aromatic carbocycles. The van der Waals surface area contributed by atoms with Gasteiger partial charge in [-0.3, -0.25) is 0 Å². The molecule has 2 heterocycles. The Kier molecular flexibility index (Phi) is 3.06. The third-order valence-electron chi connectivity index (χ3n) is 2.57. The van der Waals surface area contributed by atoms with Gasteiger partial charge in [-0.1, -0.05) is 12.1 Å². The molecule has 2 aromatic heterocycles. The van der Waals surface area contributed by atoms with Gasteiger partial charge < -0.3 is 14.2 Å². The maximum atomic E-state index is 5.55. The van der Waals surface area contributed by atoms with E-state index in [1.807, 2.05) is 36.4 Å². The Labute approximate surface area is 112 Å². The zero-order valence-corrected chi connectivity index (χ0v) is 11.1. The van der Waals surface area contributed by atoms with Crippen LogP contribution in [0.1, 0.15) is 5.76 Å². The predicted octanol–water partition coefficient (Wildman–Crippen LogP) is 3.84. The van der Waals surface area contributed by atoms with Gasteiger partial charge in [-0.15, -0.1) is 0 Å². The Hall–Kier alpha value is -1.75. The van der Waals surface area contributed by atoms with Gasteiger partial charge >= 0.3 is 0 Å². The van der Waals surface area contributed by atoms with E-state index in [1.165, 1.54) is 0 Å². The number of fused-ring (bicyclic) bond motifs is 1. The van der Waals surface area contributed by atoms with Crippen molar-refractivity contribution in [1.29, 1.82) is 0 Å². The third-order valence-corrected chi connectivity index (χ3v) is 3.00. The van der Waals surface area contributed by atoms with E-state index in [0.29, 0.717) is 12.6 Å². The number of nitrogens with one attached hydrogen (secondary N) is 1. The number of oxazole rings is 1. The van der Waals surface area contributed by atoms with E-state index < -0.39 is 0 Å². The maximum absolute atomic E-state index is 5.55. The number of aromatic nitrogens is 1. The van der Waals surface area contributed by atoms with Crippen LogP contribution in [0.4, 0.5) is 6.01 Å². The second kappa shape index (κ2) is 4.86. The van der Waals surface area contributed by atoms with Gasteiger partial charge in [-0.2, -0.15) is 4.98 Å². The van der Waals surface area contributed by atoms with Crippen LogP contribution in [0.2, 0.25) is 0 Å². The molecule has 0 fully saturated rings. The Morgan fingerprint density at radius 2 is 2.00 bits per heavy atom. The summed E-state index contributed by atoms with van der Waals surface area (Å²) in [6.45, 7) is 0.715. The average Bonchev–Trinajstić information content (AvgIpc) is 2.95. The van der Waals surface area contributed by atoms with Crippen LogP contribution in [0.3, 0.4) is 0 Å². The minimum atomic E-state index is 0.543. The molecule has 0 aliphatic carbocycles. The van der Waals surface area contributed by atoms with Crippen molar-refractivity contribution in [3.05, 3.63) is 46.8 Å². The number of benzene rings is 1. The summed E-state index contributed by atoms with van der Waals surface area (Å²) in [5, 5.41) is 3.14. The first-order valence-corrected chi connectivity index (χ1v) is 6.44. The summed E-state index contributed by atoms with van der Waals surface area (Å²) in [6, 6.07) is 12.1. The number of para-hydroxylation sites is 2. The summed E-state index contributed by atoms with van der Waals surface area (Å²) < 4.78 is 11.7. The molecule has 0 radical (unpaired) electrons. The lowest BCUT2D eigenvalue weighted by Gasteiger charge is -1.98. The quantitative estimate of drug-likeness (QED) is 0.795. The number of hydrogen-bond donors (Lipinski definition) is 1. The van der Waals surface area contributed by atoms with Crippen molar-refractivity contribution in [3.8, 4) is 0 Å². The summed E-state index contributed by atoms with van der Waals surface area (Å²) in [5.41, 5.74) is 1.65. The van der Waals surface area contributed by atoms with Crippen molar-refractivity contribution in [2.45, 2.75) is 6.42 Å². The molecule has 92 valence electrons. The summed E-state index contributed by atoms with van der Waals surface area (Å²) in [6.07, 6.45) is 0.782. The first kappa shape index (κ1) is 11.3. The van der Waals surface area contributed by atoms with Crippen molar-refractivity contribution in [3.63, 3.8) is 0 Å². The standard InChI is InChI=1S/C13H11BrN2O2/c14-12-6-5-9(17-12)7-8-15-13-16-10-3-1-2-4-11(10)18-13/h1-6H,7-8H2,(H,15,16). The lowest BCUT2D eigenvalue weighted by molar-refractivity contribution is 0.490. The molecule has 0 spiro atoms. The fourth-order valence-corrected chi connectivity index (χ4v) is 2.07. The number of nitrogens with zero attached hydrogens (tertiary/aromatic N) is 1. The number of furan rings is 1. The largest absolute Gasteiger partial charge is 0.454 e. The second-order valence-electron chi connectivity index (χ2n) is 3.87. The Morgan fingerprint density at radius 3 is 2.78 bits per heavy atom. The Bertz CT molecular complexity index is 627. The van der Waals surface area contributed by atoms with E-state index in [1.54, 1.807) is 0 Å². The lowest BCUT2D eigenvalue weighted by atomic mass is 10.3. The molecule has 0 atom stereocenters. The molecule has 4 nitrogen and oxygen atoms in total. The molecule has 0 bridgehead atoms. The van der Waals surface area contributed by atoms with E-state index in [0.717, 1.165) is 28.0 Å². The van der Waals surface area contributed by atoms with E-state index in [9.17, 15) is 0 Å². The first-order valence-electron chi connectivity index (χ1n) is 5.65. The van der Waals surface area contributed by atoms with Crippen LogP contribution in [-0.2, 0) is 6.42 Å². The van der Waals surface area contributed by atoms with Gasteiger partial charge in [0.25, 0.3) is 6.01 Å². The summed E-state index contributed by atoms with van der Waals surface area (Å²) in [4.78, 5) is 4.33. The van der Waals surface area contributed by atoms with Crippen LogP contribution < -0.4 is 5.32 Å². The van der Waals surface area contributed by atoms with Crippen molar-refractivity contribution in [2.24, 2.45) is 0 Å². The predicted molar refractivity (Wildman–Crippen MR) is 72.6 cm³/mol. The summed E-state index contributed by atoms with van der Waals surface area (Å²) >= 11 is 3.27. The highest BCUT2D eigenvalue weighted by Crippen LogP contribution is 2.18. The molecule has 0 aliphatic rings. The average molecular weight is 307 g/mol. The smallest absolute Gasteiger partial charge is 0.295 e. The van der Waals surface area contributed by atoms with Gasteiger partial charge in [0.1, 0.15) is 11.3 Å². The summed E-state index contributed by atoms with van der Waals surface area (Å²) in [7, 11) is 0. The molecule has 3 rings (SSSR count). The third kappa shape index (κ3) is 2.41. The van der Waals surface area contributed by atoms with Gasteiger partial charge in [0.05, 0.1) is 0 Å². The van der Waals surface area contributed by atoms with Crippen LogP contribution in [0.25, 0.3) is 11.1 Å². The van der Waals surface area contributed by atoms with Crippen LogP contribution in [0.15, 0.2) is 49.9 Å². The highest BCUT2D eigenvalue weighted by Gasteiger charge is 2.04. The minimum Gasteiger partial charge on any atom is -0.454 e. The molecule has 1 N–H and O–H groups in total. The van der Waals surface area contributed by atoms with Crippen molar-refractivity contribution >= 4 is 33.0 Å². The number of rotatable bonds is 4. The zero-order valence-electron chi connectivity index (χ0n) is 9.52. The zero-order chi connectivity index (χ0) is 12.4. The lowest BCUT2D eigenvalue weighted by Crippen LogP contribution is -2.04. The van der Waals surface area contributed by atoms with E-state index in [4.69, 9.17) is 8.83 Å². The first-order chi connectivity index (χ1) is 8.81. The van der Waals surface area contributed by atoms with Gasteiger partial charge in [-0.25, -0.2) is 0 Å². The van der Waals surface area contributed by atoms with Crippen LogP contribution in [-0.4, -0.2) is 11.5 Å². The van der Waals surface area contributed by atoms with Crippen molar-refractivity contribution in [2.75, 3.05) is 11.9 Å². The molecular weight excluding hydrogens is 296 g/mol. The van der Waals surface area contributed by atoms with E-state index in [-0.39, 0.29) is 0 Å². The SMILES string of the molecule is Brc1ccc(CCNc2nc3ccccc3o2)o1. The van der Waals surface area contributed by atoms with E-state index >= 15 is 0 Å². The molecule has 0 amide bonds. The maximum Gasteiger partial charge on any atom is 0.295 e. The molecular formula is C13H11BrN2O2. The molecule has 0 saturated carbocycles. The van der Waals surface area contributed by atoms with Gasteiger partial charge in [-0.05, 0) is 40.2 Å². The molecule has 18 heavy (non-hydrogen) atoms. The molecule has 3 aromatic rings. The summed E-state index contributed by atoms with van der Waals surface area (Å²) in [5.74, 6) is 0.922. The highest BCUT2D eigenvalue weighted by atomic mass is 79.9. The topological polar surface area (TPSA) is 51.2 Å². The fourth-order valence-electron chi connectivity index (χ4n) is 1.73. The van der Waals surface area contributed by atoms with Gasteiger partial charge in [0.15, 0.2) is 10.3 Å². The molecule has 0 aliphatic heterocycles. The molecule has 0 unspecified atom stereocenters. The number of hydrogen-bond acceptors (Lipinski definition) is 4. The number of anilines is 1. The van der Waals surface area contributed by atoms with Crippen molar-refractivity contribution < 1.29 is 8.83 Å². The monoisotopic (exact) mass is 306 g/mol. The van der Waals surface area contributed by atoms with Crippen LogP contribution in [0, 0.1) is 0 Å². The Balaban J connectivity index is 1.62. The minimum absolute atomic E-state index is 0.543. The number of halogens is 1. The Morgan fingerprint density at radius 1 is 1.11 bits per heavy atom. The van der Waals surface area contributed by atoms with Gasteiger partial charge in [0.2, 0.25) is 0 Å². The van der Waals surface area contributed by atoms with Crippen LogP contribution >= 0.6 is 15.9 Å². The molecule has 0 saturated heterocycles. The normalized spacial score (nSPS) is 10.9.